The molecular formula is C10H12N2O6S. The predicted molar refractivity (Wildman–Crippen MR) is 65.3 cm³/mol. The summed E-state index contributed by atoms with van der Waals surface area (Å²) < 4.78 is 24.8. The second-order valence-corrected chi connectivity index (χ2v) is 5.88. The normalized spacial score (nSPS) is 11.5. The standard InChI is InChI=1S/C10H12N2O6S/c1-7-3-4-8(12(15)16)5-9(7)19(17,18)11(2)6-10(13)14/h3-5H,6H2,1-2H3,(H,13,14). The molecule has 104 valence electrons. The SMILES string of the molecule is Cc1ccc([N+](=O)[O-])cc1S(=O)(=O)N(C)CC(=O)O. The number of nitro benzene ring substituents is 1. The van der Waals surface area contributed by atoms with E-state index in [1.807, 2.05) is 0 Å². The Bertz CT molecular complexity index is 625. The Hall–Kier alpha value is -2.00. The molecule has 1 aromatic rings. The molecule has 19 heavy (non-hydrogen) atoms. The fraction of sp³-hybridized carbons (Fsp3) is 0.300. The minimum Gasteiger partial charge on any atom is -0.480 e. The number of nitrogens with zero attached hydrogens (tertiary/aromatic N) is 2. The molecule has 0 amide bonds. The topological polar surface area (TPSA) is 118 Å². The molecule has 9 heteroatoms. The summed E-state index contributed by atoms with van der Waals surface area (Å²) in [6.45, 7) is 0.760. The van der Waals surface area contributed by atoms with Gasteiger partial charge in [-0.3, -0.25) is 14.9 Å². The highest BCUT2D eigenvalue weighted by Gasteiger charge is 2.26. The van der Waals surface area contributed by atoms with Crippen molar-refractivity contribution < 1.29 is 23.2 Å². The van der Waals surface area contributed by atoms with Gasteiger partial charge in [-0.05, 0) is 12.5 Å². The van der Waals surface area contributed by atoms with Crippen molar-refractivity contribution in [3.63, 3.8) is 0 Å². The smallest absolute Gasteiger partial charge is 0.318 e. The third-order valence-electron chi connectivity index (χ3n) is 2.43. The van der Waals surface area contributed by atoms with E-state index in [9.17, 15) is 23.3 Å². The first-order chi connectivity index (χ1) is 8.66. The van der Waals surface area contributed by atoms with Crippen molar-refractivity contribution in [1.29, 1.82) is 0 Å². The van der Waals surface area contributed by atoms with Gasteiger partial charge in [0.2, 0.25) is 10.0 Å². The van der Waals surface area contributed by atoms with Crippen molar-refractivity contribution in [2.24, 2.45) is 0 Å². The average Bonchev–Trinajstić information content (AvgIpc) is 2.27. The van der Waals surface area contributed by atoms with Crippen molar-refractivity contribution in [2.75, 3.05) is 13.6 Å². The third-order valence-corrected chi connectivity index (χ3v) is 4.37. The van der Waals surface area contributed by atoms with Crippen molar-refractivity contribution in [3.05, 3.63) is 33.9 Å². The number of hydrogen-bond donors (Lipinski definition) is 1. The Kier molecular flexibility index (Phi) is 4.22. The third kappa shape index (κ3) is 3.26. The van der Waals surface area contributed by atoms with Gasteiger partial charge in [0.05, 0.1) is 9.82 Å². The van der Waals surface area contributed by atoms with Crippen LogP contribution in [0.5, 0.6) is 0 Å². The molecule has 1 rings (SSSR count). The molecule has 0 radical (unpaired) electrons. The van der Waals surface area contributed by atoms with Crippen LogP contribution in [0.4, 0.5) is 5.69 Å². The molecule has 0 aliphatic heterocycles. The lowest BCUT2D eigenvalue weighted by molar-refractivity contribution is -0.385. The summed E-state index contributed by atoms with van der Waals surface area (Å²) in [5.41, 5.74) is -0.0595. The van der Waals surface area contributed by atoms with Gasteiger partial charge in [0.1, 0.15) is 6.54 Å². The zero-order valence-corrected chi connectivity index (χ0v) is 11.0. The molecule has 0 atom stereocenters. The number of rotatable bonds is 5. The Morgan fingerprint density at radius 2 is 2.05 bits per heavy atom. The fourth-order valence-corrected chi connectivity index (χ4v) is 2.78. The summed E-state index contributed by atoms with van der Waals surface area (Å²) in [4.78, 5) is 20.2. The van der Waals surface area contributed by atoms with Crippen LogP contribution in [-0.4, -0.2) is 42.3 Å². The minimum absolute atomic E-state index is 0.273. The fourth-order valence-electron chi connectivity index (χ4n) is 1.42. The molecular weight excluding hydrogens is 276 g/mol. The van der Waals surface area contributed by atoms with Crippen LogP contribution < -0.4 is 0 Å². The van der Waals surface area contributed by atoms with Crippen molar-refractivity contribution in [3.8, 4) is 0 Å². The molecule has 0 aliphatic rings. The van der Waals surface area contributed by atoms with Gasteiger partial charge in [0, 0.05) is 19.2 Å². The maximum Gasteiger partial charge on any atom is 0.318 e. The number of benzene rings is 1. The number of carbonyl (C=O) groups is 1. The number of carboxylic acids is 1. The monoisotopic (exact) mass is 288 g/mol. The van der Waals surface area contributed by atoms with E-state index < -0.39 is 27.5 Å². The van der Waals surface area contributed by atoms with Gasteiger partial charge in [0.15, 0.2) is 0 Å². The first-order valence-electron chi connectivity index (χ1n) is 5.09. The van der Waals surface area contributed by atoms with Gasteiger partial charge in [0.25, 0.3) is 5.69 Å². The lowest BCUT2D eigenvalue weighted by Gasteiger charge is -2.16. The van der Waals surface area contributed by atoms with Gasteiger partial charge < -0.3 is 5.11 Å². The van der Waals surface area contributed by atoms with E-state index >= 15 is 0 Å². The van der Waals surface area contributed by atoms with Gasteiger partial charge >= 0.3 is 5.97 Å². The van der Waals surface area contributed by atoms with Crippen LogP contribution in [0.2, 0.25) is 0 Å². The van der Waals surface area contributed by atoms with Gasteiger partial charge in [-0.2, -0.15) is 4.31 Å². The Morgan fingerprint density at radius 3 is 2.53 bits per heavy atom. The lowest BCUT2D eigenvalue weighted by atomic mass is 10.2. The van der Waals surface area contributed by atoms with E-state index in [1.165, 1.54) is 19.1 Å². The molecule has 0 unspecified atom stereocenters. The quantitative estimate of drug-likeness (QED) is 0.626. The van der Waals surface area contributed by atoms with E-state index in [4.69, 9.17) is 5.11 Å². The molecule has 8 nitrogen and oxygen atoms in total. The number of non-ortho nitro benzene ring substituents is 1. The number of carboxylic acid groups (broad SMARTS) is 1. The molecule has 0 saturated carbocycles. The van der Waals surface area contributed by atoms with E-state index in [-0.39, 0.29) is 10.6 Å². The van der Waals surface area contributed by atoms with Crippen molar-refractivity contribution in [1.82, 2.24) is 4.31 Å². The Balaban J connectivity index is 3.31. The summed E-state index contributed by atoms with van der Waals surface area (Å²) in [6, 6.07) is 3.41. The second-order valence-electron chi connectivity index (χ2n) is 3.86. The largest absolute Gasteiger partial charge is 0.480 e. The lowest BCUT2D eigenvalue weighted by Crippen LogP contribution is -2.32. The first kappa shape index (κ1) is 15.1. The van der Waals surface area contributed by atoms with Gasteiger partial charge in [-0.15, -0.1) is 0 Å². The Labute approximate surface area is 109 Å². The van der Waals surface area contributed by atoms with Crippen LogP contribution in [0, 0.1) is 17.0 Å². The highest BCUT2D eigenvalue weighted by atomic mass is 32.2. The highest BCUT2D eigenvalue weighted by Crippen LogP contribution is 2.23. The molecule has 0 bridgehead atoms. The summed E-state index contributed by atoms with van der Waals surface area (Å²) in [6.07, 6.45) is 0. The summed E-state index contributed by atoms with van der Waals surface area (Å²) >= 11 is 0. The van der Waals surface area contributed by atoms with Crippen LogP contribution in [0.1, 0.15) is 5.56 Å². The molecule has 0 heterocycles. The maximum absolute atomic E-state index is 12.1. The van der Waals surface area contributed by atoms with Crippen molar-refractivity contribution >= 4 is 21.7 Å². The zero-order chi connectivity index (χ0) is 14.8. The Morgan fingerprint density at radius 1 is 1.47 bits per heavy atom. The molecule has 0 fully saturated rings. The second kappa shape index (κ2) is 5.33. The number of aryl methyl sites for hydroxylation is 1. The van der Waals surface area contributed by atoms with Crippen molar-refractivity contribution in [2.45, 2.75) is 11.8 Å². The van der Waals surface area contributed by atoms with Crippen LogP contribution in [0.25, 0.3) is 0 Å². The summed E-state index contributed by atoms with van der Waals surface area (Å²) in [5.74, 6) is -1.31. The van der Waals surface area contributed by atoms with Crippen LogP contribution in [0.3, 0.4) is 0 Å². The highest BCUT2D eigenvalue weighted by molar-refractivity contribution is 7.89. The number of aliphatic carboxylic acids is 1. The molecule has 0 aromatic heterocycles. The van der Waals surface area contributed by atoms with Gasteiger partial charge in [-0.25, -0.2) is 8.42 Å². The zero-order valence-electron chi connectivity index (χ0n) is 10.2. The average molecular weight is 288 g/mol. The first-order valence-corrected chi connectivity index (χ1v) is 6.53. The van der Waals surface area contributed by atoms with Crippen LogP contribution in [-0.2, 0) is 14.8 Å². The van der Waals surface area contributed by atoms with E-state index in [0.29, 0.717) is 9.87 Å². The number of sulfonamides is 1. The van der Waals surface area contributed by atoms with Crippen LogP contribution >= 0.6 is 0 Å². The summed E-state index contributed by atoms with van der Waals surface area (Å²) in [7, 11) is -2.97. The maximum atomic E-state index is 12.1. The molecule has 1 aromatic carbocycles. The number of hydrogen-bond acceptors (Lipinski definition) is 5. The van der Waals surface area contributed by atoms with Crippen LogP contribution in [0.15, 0.2) is 23.1 Å². The molecule has 0 saturated heterocycles. The van der Waals surface area contributed by atoms with E-state index in [1.54, 1.807) is 0 Å². The predicted octanol–water partition coefficient (Wildman–Crippen LogP) is 0.608. The number of likely N-dealkylation sites (N-methyl/N-ethyl adjacent to an activating group) is 1. The van der Waals surface area contributed by atoms with Gasteiger partial charge in [-0.1, -0.05) is 6.07 Å². The number of nitro groups is 1. The van der Waals surface area contributed by atoms with E-state index in [0.717, 1.165) is 13.1 Å². The molecule has 1 N–H and O–H groups in total. The van der Waals surface area contributed by atoms with E-state index in [2.05, 4.69) is 0 Å². The summed E-state index contributed by atoms with van der Waals surface area (Å²) in [5, 5.41) is 19.2. The molecule has 0 aliphatic carbocycles. The minimum atomic E-state index is -4.07. The molecule has 0 spiro atoms.